The molecule has 1 aliphatic rings. The number of carbonyl (C=O) groups is 2. The van der Waals surface area contributed by atoms with Crippen molar-refractivity contribution >= 4 is 28.9 Å². The van der Waals surface area contributed by atoms with Crippen molar-refractivity contribution in [3.05, 3.63) is 99.6 Å². The van der Waals surface area contributed by atoms with Crippen molar-refractivity contribution in [1.82, 2.24) is 5.32 Å². The molecule has 8 nitrogen and oxygen atoms in total. The Labute approximate surface area is 210 Å². The first-order chi connectivity index (χ1) is 17.3. The molecule has 4 rings (SSSR count). The fourth-order valence-electron chi connectivity index (χ4n) is 4.36. The van der Waals surface area contributed by atoms with Crippen LogP contribution in [0.4, 0.5) is 17.1 Å². The average Bonchev–Trinajstić information content (AvgIpc) is 2.89. The van der Waals surface area contributed by atoms with Crippen molar-refractivity contribution in [1.29, 1.82) is 0 Å². The van der Waals surface area contributed by atoms with Gasteiger partial charge in [-0.3, -0.25) is 19.7 Å². The van der Waals surface area contributed by atoms with E-state index in [1.54, 1.807) is 12.1 Å². The minimum atomic E-state index is -0.511. The summed E-state index contributed by atoms with van der Waals surface area (Å²) in [4.78, 5) is 38.8. The van der Waals surface area contributed by atoms with E-state index in [2.05, 4.69) is 22.5 Å². The molecular weight excluding hydrogens is 456 g/mol. The van der Waals surface area contributed by atoms with Crippen molar-refractivity contribution in [2.45, 2.75) is 32.7 Å². The fourth-order valence-corrected chi connectivity index (χ4v) is 4.36. The summed E-state index contributed by atoms with van der Waals surface area (Å²) in [6.45, 7) is 5.91. The molecule has 36 heavy (non-hydrogen) atoms. The Morgan fingerprint density at radius 3 is 2.28 bits per heavy atom. The van der Waals surface area contributed by atoms with Gasteiger partial charge in [-0.1, -0.05) is 37.3 Å². The number of anilines is 2. The van der Waals surface area contributed by atoms with Crippen LogP contribution in [0.15, 0.2) is 72.8 Å². The molecule has 8 heteroatoms. The molecule has 0 spiro atoms. The molecule has 1 heterocycles. The zero-order valence-electron chi connectivity index (χ0n) is 20.4. The molecule has 1 unspecified atom stereocenters. The lowest BCUT2D eigenvalue weighted by Gasteiger charge is -2.33. The monoisotopic (exact) mass is 486 g/mol. The number of nitrogens with one attached hydrogen (secondary N) is 2. The number of carbonyl (C=O) groups excluding carboxylic acids is 2. The lowest BCUT2D eigenvalue weighted by atomic mass is 9.97. The minimum absolute atomic E-state index is 0.0850. The van der Waals surface area contributed by atoms with Gasteiger partial charge in [-0.15, -0.1) is 0 Å². The highest BCUT2D eigenvalue weighted by atomic mass is 16.6. The number of hydrogen-bond acceptors (Lipinski definition) is 5. The maximum atomic E-state index is 13.5. The summed E-state index contributed by atoms with van der Waals surface area (Å²) in [7, 11) is 0. The van der Waals surface area contributed by atoms with E-state index in [9.17, 15) is 19.7 Å². The van der Waals surface area contributed by atoms with Gasteiger partial charge in [0.15, 0.2) is 0 Å². The lowest BCUT2D eigenvalue weighted by Crippen LogP contribution is -2.35. The van der Waals surface area contributed by atoms with Gasteiger partial charge in [-0.2, -0.15) is 0 Å². The Morgan fingerprint density at radius 1 is 0.972 bits per heavy atom. The zero-order valence-corrected chi connectivity index (χ0v) is 20.4. The maximum Gasteiger partial charge on any atom is 0.269 e. The largest absolute Gasteiger partial charge is 0.371 e. The highest BCUT2D eigenvalue weighted by Crippen LogP contribution is 2.29. The molecule has 2 amide bonds. The number of hydrogen-bond donors (Lipinski definition) is 2. The van der Waals surface area contributed by atoms with Gasteiger partial charge in [0.1, 0.15) is 0 Å². The molecule has 186 valence electrons. The normalized spacial score (nSPS) is 14.7. The number of non-ortho nitro benzene ring substituents is 1. The highest BCUT2D eigenvalue weighted by Gasteiger charge is 2.23. The van der Waals surface area contributed by atoms with E-state index < -0.39 is 10.8 Å². The van der Waals surface area contributed by atoms with Crippen LogP contribution in [0.2, 0.25) is 0 Å². The molecular formula is C28H30N4O4. The van der Waals surface area contributed by atoms with E-state index in [1.165, 1.54) is 24.3 Å². The molecule has 0 bridgehead atoms. The van der Waals surface area contributed by atoms with Gasteiger partial charge in [-0.25, -0.2) is 0 Å². The van der Waals surface area contributed by atoms with Gasteiger partial charge in [0.25, 0.3) is 17.5 Å². The molecule has 1 atom stereocenters. The summed E-state index contributed by atoms with van der Waals surface area (Å²) in [6.07, 6.45) is 2.11. The SMILES string of the molecule is CC1CCN(c2ccc(NC(=O)c3ccc([N+](=O)[O-])cc3)cc2C(=O)NC(C)c2ccccc2)CC1. The Hall–Kier alpha value is -4.20. The first kappa shape index (κ1) is 24.9. The summed E-state index contributed by atoms with van der Waals surface area (Å²) in [5.74, 6) is 0.0248. The summed E-state index contributed by atoms with van der Waals surface area (Å²) in [5.41, 5.74) is 3.02. The van der Waals surface area contributed by atoms with Gasteiger partial charge < -0.3 is 15.5 Å². The van der Waals surface area contributed by atoms with Crippen LogP contribution in [-0.2, 0) is 0 Å². The molecule has 0 radical (unpaired) electrons. The third-order valence-electron chi connectivity index (χ3n) is 6.61. The van der Waals surface area contributed by atoms with E-state index >= 15 is 0 Å². The van der Waals surface area contributed by atoms with E-state index in [0.717, 1.165) is 37.2 Å². The number of nitro benzene ring substituents is 1. The van der Waals surface area contributed by atoms with Crippen molar-refractivity contribution in [2.75, 3.05) is 23.3 Å². The van der Waals surface area contributed by atoms with Crippen molar-refractivity contribution in [2.24, 2.45) is 5.92 Å². The first-order valence-electron chi connectivity index (χ1n) is 12.1. The third kappa shape index (κ3) is 5.89. The summed E-state index contributed by atoms with van der Waals surface area (Å²) in [5, 5.41) is 16.8. The Kier molecular flexibility index (Phi) is 7.63. The number of benzene rings is 3. The van der Waals surface area contributed by atoms with Crippen LogP contribution in [0.1, 0.15) is 59.0 Å². The summed E-state index contributed by atoms with van der Waals surface area (Å²) in [6, 6.07) is 20.3. The van der Waals surface area contributed by atoms with E-state index in [0.29, 0.717) is 22.7 Å². The predicted molar refractivity (Wildman–Crippen MR) is 140 cm³/mol. The molecule has 1 aliphatic heterocycles. The van der Waals surface area contributed by atoms with Crippen LogP contribution in [-0.4, -0.2) is 29.8 Å². The van der Waals surface area contributed by atoms with Crippen LogP contribution >= 0.6 is 0 Å². The third-order valence-corrected chi connectivity index (χ3v) is 6.61. The van der Waals surface area contributed by atoms with Crippen LogP contribution in [0.3, 0.4) is 0 Å². The number of amides is 2. The molecule has 2 N–H and O–H groups in total. The number of rotatable bonds is 7. The Morgan fingerprint density at radius 2 is 1.64 bits per heavy atom. The average molecular weight is 487 g/mol. The van der Waals surface area contributed by atoms with Crippen molar-refractivity contribution < 1.29 is 14.5 Å². The van der Waals surface area contributed by atoms with Gasteiger partial charge >= 0.3 is 0 Å². The second-order valence-corrected chi connectivity index (χ2v) is 9.27. The number of nitro groups is 1. The highest BCUT2D eigenvalue weighted by molar-refractivity contribution is 6.06. The first-order valence-corrected chi connectivity index (χ1v) is 12.1. The van der Waals surface area contributed by atoms with E-state index in [1.807, 2.05) is 43.3 Å². The van der Waals surface area contributed by atoms with Gasteiger partial charge in [0, 0.05) is 42.2 Å². The van der Waals surface area contributed by atoms with Gasteiger partial charge in [0.2, 0.25) is 0 Å². The Bertz CT molecular complexity index is 1240. The topological polar surface area (TPSA) is 105 Å². The smallest absolute Gasteiger partial charge is 0.269 e. The van der Waals surface area contributed by atoms with Crippen LogP contribution in [0, 0.1) is 16.0 Å². The quantitative estimate of drug-likeness (QED) is 0.335. The minimum Gasteiger partial charge on any atom is -0.371 e. The number of nitrogens with zero attached hydrogens (tertiary/aromatic N) is 2. The Balaban J connectivity index is 1.58. The van der Waals surface area contributed by atoms with Crippen LogP contribution in [0.5, 0.6) is 0 Å². The maximum absolute atomic E-state index is 13.5. The lowest BCUT2D eigenvalue weighted by molar-refractivity contribution is -0.384. The zero-order chi connectivity index (χ0) is 25.7. The predicted octanol–water partition coefficient (Wildman–Crippen LogP) is 5.57. The van der Waals surface area contributed by atoms with Gasteiger partial charge in [-0.05, 0) is 61.6 Å². The fraction of sp³-hybridized carbons (Fsp3) is 0.286. The van der Waals surface area contributed by atoms with E-state index in [-0.39, 0.29) is 17.6 Å². The van der Waals surface area contributed by atoms with Crippen molar-refractivity contribution in [3.8, 4) is 0 Å². The van der Waals surface area contributed by atoms with E-state index in [4.69, 9.17) is 0 Å². The standard InChI is InChI=1S/C28H30N4O4/c1-19-14-16-31(17-15-19)26-13-10-23(30-27(33)22-8-11-24(12-9-22)32(35)36)18-25(26)28(34)29-20(2)21-6-4-3-5-7-21/h3-13,18-20H,14-17H2,1-2H3,(H,29,34)(H,30,33). The molecule has 1 saturated heterocycles. The molecule has 0 saturated carbocycles. The second-order valence-electron chi connectivity index (χ2n) is 9.27. The summed E-state index contributed by atoms with van der Waals surface area (Å²) >= 11 is 0. The van der Waals surface area contributed by atoms with Gasteiger partial charge in [0.05, 0.1) is 16.5 Å². The number of piperidine rings is 1. The van der Waals surface area contributed by atoms with Crippen molar-refractivity contribution in [3.63, 3.8) is 0 Å². The molecule has 3 aromatic rings. The molecule has 0 aromatic heterocycles. The van der Waals surface area contributed by atoms with Crippen LogP contribution < -0.4 is 15.5 Å². The van der Waals surface area contributed by atoms with Crippen LogP contribution in [0.25, 0.3) is 0 Å². The molecule has 3 aromatic carbocycles. The summed E-state index contributed by atoms with van der Waals surface area (Å²) < 4.78 is 0. The second kappa shape index (κ2) is 11.0. The molecule has 1 fully saturated rings. The molecule has 0 aliphatic carbocycles.